The Morgan fingerprint density at radius 3 is 3.07 bits per heavy atom. The number of urea groups is 1. The van der Waals surface area contributed by atoms with Gasteiger partial charge in [-0.1, -0.05) is 11.6 Å². The number of carbonyl (C=O) groups excluding carboxylic acids is 1. The molecule has 3 N–H and O–H groups in total. The third-order valence-corrected chi connectivity index (χ3v) is 2.37. The van der Waals surface area contributed by atoms with Crippen LogP contribution in [0.5, 0.6) is 0 Å². The fraction of sp³-hybridized carbons (Fsp3) is 0.700. The molecule has 0 aromatic carbocycles. The zero-order chi connectivity index (χ0) is 10.4. The molecule has 80 valence electrons. The average Bonchev–Trinajstić information content (AvgIpc) is 2.18. The second-order valence-corrected chi connectivity index (χ2v) is 3.65. The molecule has 1 atom stereocenters. The Morgan fingerprint density at radius 1 is 1.71 bits per heavy atom. The van der Waals surface area contributed by atoms with E-state index in [4.69, 9.17) is 5.11 Å². The summed E-state index contributed by atoms with van der Waals surface area (Å²) in [5, 5.41) is 13.9. The van der Waals surface area contributed by atoms with E-state index < -0.39 is 0 Å². The highest BCUT2D eigenvalue weighted by molar-refractivity contribution is 5.74. The maximum atomic E-state index is 11.2. The van der Waals surface area contributed by atoms with Crippen molar-refractivity contribution >= 4 is 6.03 Å². The predicted molar refractivity (Wildman–Crippen MR) is 55.0 cm³/mol. The van der Waals surface area contributed by atoms with Gasteiger partial charge in [0.15, 0.2) is 0 Å². The summed E-state index contributed by atoms with van der Waals surface area (Å²) in [6, 6.07) is 0.0643. The Hall–Kier alpha value is -1.03. The first-order chi connectivity index (χ1) is 6.72. The molecule has 0 radical (unpaired) electrons. The SMILES string of the molecule is CC1=CC[C@H](NC(=O)NCCO)CC1. The monoisotopic (exact) mass is 198 g/mol. The second kappa shape index (κ2) is 5.65. The zero-order valence-corrected chi connectivity index (χ0v) is 8.55. The van der Waals surface area contributed by atoms with Crippen molar-refractivity contribution < 1.29 is 9.90 Å². The van der Waals surface area contributed by atoms with Crippen LogP contribution in [0.25, 0.3) is 0 Å². The van der Waals surface area contributed by atoms with E-state index in [9.17, 15) is 4.79 Å². The smallest absolute Gasteiger partial charge is 0.315 e. The number of carbonyl (C=O) groups is 1. The standard InChI is InChI=1S/C10H18N2O2/c1-8-2-4-9(5-3-8)12-10(14)11-6-7-13/h2,9,13H,3-7H2,1H3,(H2,11,12,14)/t9-/m0/s1. The van der Waals surface area contributed by atoms with Crippen LogP contribution in [0.1, 0.15) is 26.2 Å². The molecule has 4 heteroatoms. The van der Waals surface area contributed by atoms with E-state index in [0.717, 1.165) is 19.3 Å². The summed E-state index contributed by atoms with van der Waals surface area (Å²) in [7, 11) is 0. The number of hydrogen-bond acceptors (Lipinski definition) is 2. The molecule has 1 aliphatic rings. The van der Waals surface area contributed by atoms with Gasteiger partial charge in [0, 0.05) is 12.6 Å². The lowest BCUT2D eigenvalue weighted by Gasteiger charge is -2.21. The lowest BCUT2D eigenvalue weighted by Crippen LogP contribution is -2.43. The van der Waals surface area contributed by atoms with Crippen molar-refractivity contribution in [3.8, 4) is 0 Å². The van der Waals surface area contributed by atoms with Gasteiger partial charge in [-0.15, -0.1) is 0 Å². The van der Waals surface area contributed by atoms with E-state index in [1.54, 1.807) is 0 Å². The third kappa shape index (κ3) is 3.79. The highest BCUT2D eigenvalue weighted by atomic mass is 16.3. The highest BCUT2D eigenvalue weighted by Gasteiger charge is 2.14. The average molecular weight is 198 g/mol. The molecule has 0 spiro atoms. The van der Waals surface area contributed by atoms with Crippen LogP contribution in [0.3, 0.4) is 0 Å². The maximum absolute atomic E-state index is 11.2. The van der Waals surface area contributed by atoms with Gasteiger partial charge in [0.05, 0.1) is 6.61 Å². The summed E-state index contributed by atoms with van der Waals surface area (Å²) in [5.74, 6) is 0. The summed E-state index contributed by atoms with van der Waals surface area (Å²) >= 11 is 0. The number of aliphatic hydroxyl groups excluding tert-OH is 1. The molecular weight excluding hydrogens is 180 g/mol. The van der Waals surface area contributed by atoms with Crippen molar-refractivity contribution in [1.82, 2.24) is 10.6 Å². The first-order valence-corrected chi connectivity index (χ1v) is 5.03. The van der Waals surface area contributed by atoms with Crippen molar-refractivity contribution in [3.63, 3.8) is 0 Å². The Bertz CT molecular complexity index is 226. The van der Waals surface area contributed by atoms with Crippen molar-refractivity contribution in [2.24, 2.45) is 0 Å². The maximum Gasteiger partial charge on any atom is 0.315 e. The van der Waals surface area contributed by atoms with Gasteiger partial charge in [-0.25, -0.2) is 4.79 Å². The number of amides is 2. The van der Waals surface area contributed by atoms with Gasteiger partial charge in [0.2, 0.25) is 0 Å². The van der Waals surface area contributed by atoms with Gasteiger partial charge in [-0.2, -0.15) is 0 Å². The summed E-state index contributed by atoms with van der Waals surface area (Å²) in [6.45, 7) is 2.41. The Kier molecular flexibility index (Phi) is 4.46. The lowest BCUT2D eigenvalue weighted by molar-refractivity contribution is 0.229. The summed E-state index contributed by atoms with van der Waals surface area (Å²) < 4.78 is 0. The molecule has 0 unspecified atom stereocenters. The van der Waals surface area contributed by atoms with Crippen LogP contribution < -0.4 is 10.6 Å². The minimum Gasteiger partial charge on any atom is -0.395 e. The Labute approximate surface area is 84.4 Å². The van der Waals surface area contributed by atoms with Crippen LogP contribution in [-0.4, -0.2) is 30.3 Å². The summed E-state index contributed by atoms with van der Waals surface area (Å²) in [4.78, 5) is 11.2. The van der Waals surface area contributed by atoms with Crippen molar-refractivity contribution in [2.45, 2.75) is 32.2 Å². The van der Waals surface area contributed by atoms with Gasteiger partial charge in [0.1, 0.15) is 0 Å². The van der Waals surface area contributed by atoms with E-state index in [0.29, 0.717) is 6.54 Å². The first-order valence-electron chi connectivity index (χ1n) is 5.03. The molecule has 0 aromatic heterocycles. The molecule has 0 aliphatic heterocycles. The quantitative estimate of drug-likeness (QED) is 0.587. The van der Waals surface area contributed by atoms with Crippen molar-refractivity contribution in [2.75, 3.05) is 13.2 Å². The molecular formula is C10H18N2O2. The fourth-order valence-corrected chi connectivity index (χ4v) is 1.50. The topological polar surface area (TPSA) is 61.4 Å². The van der Waals surface area contributed by atoms with Crippen LogP contribution in [0.2, 0.25) is 0 Å². The Balaban J connectivity index is 2.21. The molecule has 1 rings (SSSR count). The molecule has 0 saturated carbocycles. The van der Waals surface area contributed by atoms with E-state index in [1.807, 2.05) is 0 Å². The minimum atomic E-state index is -0.183. The van der Waals surface area contributed by atoms with Gasteiger partial charge in [-0.05, 0) is 26.2 Å². The van der Waals surface area contributed by atoms with Crippen molar-refractivity contribution in [3.05, 3.63) is 11.6 Å². The highest BCUT2D eigenvalue weighted by Crippen LogP contribution is 2.16. The van der Waals surface area contributed by atoms with Crippen LogP contribution in [0, 0.1) is 0 Å². The molecule has 4 nitrogen and oxygen atoms in total. The molecule has 0 heterocycles. The van der Waals surface area contributed by atoms with Gasteiger partial charge >= 0.3 is 6.03 Å². The molecule has 0 aromatic rings. The predicted octanol–water partition coefficient (Wildman–Crippen LogP) is 0.777. The number of allylic oxidation sites excluding steroid dienone is 1. The number of aliphatic hydroxyl groups is 1. The fourth-order valence-electron chi connectivity index (χ4n) is 1.50. The molecule has 0 fully saturated rings. The molecule has 0 bridgehead atoms. The van der Waals surface area contributed by atoms with Gasteiger partial charge in [0.25, 0.3) is 0 Å². The van der Waals surface area contributed by atoms with E-state index in [1.165, 1.54) is 5.57 Å². The van der Waals surface area contributed by atoms with Crippen LogP contribution in [0.4, 0.5) is 4.79 Å². The Morgan fingerprint density at radius 2 is 2.50 bits per heavy atom. The molecule has 1 aliphatic carbocycles. The summed E-state index contributed by atoms with van der Waals surface area (Å²) in [6.07, 6.45) is 5.15. The zero-order valence-electron chi connectivity index (χ0n) is 8.55. The largest absolute Gasteiger partial charge is 0.395 e. The third-order valence-electron chi connectivity index (χ3n) is 2.37. The van der Waals surface area contributed by atoms with Crippen molar-refractivity contribution in [1.29, 1.82) is 0 Å². The van der Waals surface area contributed by atoms with Gasteiger partial charge < -0.3 is 15.7 Å². The molecule has 2 amide bonds. The first kappa shape index (κ1) is 11.0. The van der Waals surface area contributed by atoms with Crippen LogP contribution in [0.15, 0.2) is 11.6 Å². The van der Waals surface area contributed by atoms with Crippen LogP contribution >= 0.6 is 0 Å². The second-order valence-electron chi connectivity index (χ2n) is 3.65. The minimum absolute atomic E-state index is 0.0168. The lowest BCUT2D eigenvalue weighted by atomic mass is 9.96. The van der Waals surface area contributed by atoms with E-state index in [2.05, 4.69) is 23.6 Å². The number of nitrogens with one attached hydrogen (secondary N) is 2. The van der Waals surface area contributed by atoms with Crippen LogP contribution in [-0.2, 0) is 0 Å². The van der Waals surface area contributed by atoms with E-state index >= 15 is 0 Å². The van der Waals surface area contributed by atoms with E-state index in [-0.39, 0.29) is 18.7 Å². The van der Waals surface area contributed by atoms with Gasteiger partial charge in [-0.3, -0.25) is 0 Å². The molecule has 0 saturated heterocycles. The number of rotatable bonds is 3. The summed E-state index contributed by atoms with van der Waals surface area (Å²) in [5.41, 5.74) is 1.40. The molecule has 14 heavy (non-hydrogen) atoms. The normalized spacial score (nSPS) is 21.3. The number of hydrogen-bond donors (Lipinski definition) is 3.